The molecule has 0 saturated carbocycles. The van der Waals surface area contributed by atoms with E-state index in [1.54, 1.807) is 17.3 Å². The lowest BCUT2D eigenvalue weighted by Gasteiger charge is -2.38. The van der Waals surface area contributed by atoms with Gasteiger partial charge in [-0.1, -0.05) is 36.4 Å². The third-order valence-corrected chi connectivity index (χ3v) is 7.06. The molecule has 0 spiro atoms. The van der Waals surface area contributed by atoms with Gasteiger partial charge in [-0.3, -0.25) is 14.6 Å². The van der Waals surface area contributed by atoms with Crippen molar-refractivity contribution in [3.8, 4) is 0 Å². The van der Waals surface area contributed by atoms with Crippen molar-refractivity contribution < 1.29 is 9.59 Å². The maximum Gasteiger partial charge on any atom is 0.274 e. The highest BCUT2D eigenvalue weighted by molar-refractivity contribution is 7.18. The smallest absolute Gasteiger partial charge is 0.274 e. The molecule has 1 aliphatic rings. The van der Waals surface area contributed by atoms with Crippen molar-refractivity contribution in [1.82, 2.24) is 24.8 Å². The van der Waals surface area contributed by atoms with Crippen molar-refractivity contribution >= 4 is 39.3 Å². The van der Waals surface area contributed by atoms with Gasteiger partial charge in [0.15, 0.2) is 11.3 Å². The minimum atomic E-state index is -0.148. The SMILES string of the molecule is Cc1nc2nc(N[C@@H](C)c3cccnc3)nc(C(=O)N3CC(CC(=O)Cc4ccccc4)C3)c2s1. The lowest BCUT2D eigenvalue weighted by atomic mass is 9.91. The molecule has 35 heavy (non-hydrogen) atoms. The third kappa shape index (κ3) is 5.19. The van der Waals surface area contributed by atoms with E-state index in [0.717, 1.165) is 16.1 Å². The topological polar surface area (TPSA) is 101 Å². The number of nitrogens with one attached hydrogen (secondary N) is 1. The average Bonchev–Trinajstić information content (AvgIpc) is 3.21. The number of carbonyl (C=O) groups is 2. The summed E-state index contributed by atoms with van der Waals surface area (Å²) in [4.78, 5) is 45.4. The Balaban J connectivity index is 1.27. The van der Waals surface area contributed by atoms with E-state index in [1.165, 1.54) is 11.3 Å². The molecule has 4 heterocycles. The van der Waals surface area contributed by atoms with Crippen LogP contribution in [0, 0.1) is 12.8 Å². The molecule has 1 atom stereocenters. The molecule has 178 valence electrons. The molecule has 9 heteroatoms. The molecular weight excluding hydrogens is 460 g/mol. The zero-order valence-corrected chi connectivity index (χ0v) is 20.5. The quantitative estimate of drug-likeness (QED) is 0.398. The monoisotopic (exact) mass is 486 g/mol. The van der Waals surface area contributed by atoms with Crippen LogP contribution in [-0.4, -0.2) is 49.6 Å². The van der Waals surface area contributed by atoms with Gasteiger partial charge in [0.05, 0.1) is 11.0 Å². The highest BCUT2D eigenvalue weighted by Crippen LogP contribution is 2.29. The first-order valence-corrected chi connectivity index (χ1v) is 12.4. The van der Waals surface area contributed by atoms with Crippen LogP contribution in [0.25, 0.3) is 10.3 Å². The molecule has 0 radical (unpaired) electrons. The summed E-state index contributed by atoms with van der Waals surface area (Å²) in [6, 6.07) is 13.5. The van der Waals surface area contributed by atoms with Crippen LogP contribution in [0.2, 0.25) is 0 Å². The fraction of sp³-hybridized carbons (Fsp3) is 0.308. The van der Waals surface area contributed by atoms with Gasteiger partial charge >= 0.3 is 0 Å². The Morgan fingerprint density at radius 2 is 1.91 bits per heavy atom. The lowest BCUT2D eigenvalue weighted by molar-refractivity contribution is -0.120. The summed E-state index contributed by atoms with van der Waals surface area (Å²) in [6.45, 7) is 4.99. The van der Waals surface area contributed by atoms with Crippen LogP contribution in [0.4, 0.5) is 5.95 Å². The van der Waals surface area contributed by atoms with Crippen molar-refractivity contribution in [2.24, 2.45) is 5.92 Å². The normalized spacial score (nSPS) is 14.5. The highest BCUT2D eigenvalue weighted by Gasteiger charge is 2.34. The van der Waals surface area contributed by atoms with Gasteiger partial charge in [0.2, 0.25) is 5.95 Å². The number of aromatic nitrogens is 4. The zero-order chi connectivity index (χ0) is 24.4. The molecule has 8 nitrogen and oxygen atoms in total. The van der Waals surface area contributed by atoms with E-state index in [-0.39, 0.29) is 23.7 Å². The van der Waals surface area contributed by atoms with Crippen molar-refractivity contribution in [2.75, 3.05) is 18.4 Å². The molecule has 1 aromatic carbocycles. The standard InChI is InChI=1S/C26H26N6O2S/c1-16(20-9-6-10-27-13-20)28-26-30-22(23-24(31-26)29-17(2)35-23)25(34)32-14-19(15-32)12-21(33)11-18-7-4-3-5-8-18/h3-10,13,16,19H,11-12,14-15H2,1-2H3,(H,28,30,31)/t16-/m0/s1. The number of rotatable bonds is 8. The Bertz CT molecular complexity index is 1350. The Morgan fingerprint density at radius 3 is 2.66 bits per heavy atom. The molecule has 3 aromatic heterocycles. The lowest BCUT2D eigenvalue weighted by Crippen LogP contribution is -2.50. The van der Waals surface area contributed by atoms with Gasteiger partial charge in [0.25, 0.3) is 5.91 Å². The van der Waals surface area contributed by atoms with Crippen molar-refractivity contribution in [3.05, 3.63) is 76.7 Å². The minimum Gasteiger partial charge on any atom is -0.348 e. The Kier molecular flexibility index (Phi) is 6.50. The average molecular weight is 487 g/mol. The molecule has 1 saturated heterocycles. The van der Waals surface area contributed by atoms with Gasteiger partial charge in [0.1, 0.15) is 10.5 Å². The molecular formula is C26H26N6O2S. The molecule has 1 aliphatic heterocycles. The minimum absolute atomic E-state index is 0.0900. The van der Waals surface area contributed by atoms with Gasteiger partial charge in [-0.2, -0.15) is 4.98 Å². The van der Waals surface area contributed by atoms with Crippen LogP contribution in [0.15, 0.2) is 54.9 Å². The fourth-order valence-corrected chi connectivity index (χ4v) is 5.12. The molecule has 0 unspecified atom stereocenters. The van der Waals surface area contributed by atoms with Crippen LogP contribution >= 0.6 is 11.3 Å². The van der Waals surface area contributed by atoms with E-state index < -0.39 is 0 Å². The van der Waals surface area contributed by atoms with E-state index >= 15 is 0 Å². The van der Waals surface area contributed by atoms with Crippen molar-refractivity contribution in [1.29, 1.82) is 0 Å². The number of fused-ring (bicyclic) bond motifs is 1. The number of aryl methyl sites for hydroxylation is 1. The highest BCUT2D eigenvalue weighted by atomic mass is 32.1. The first-order chi connectivity index (χ1) is 17.0. The second kappa shape index (κ2) is 9.87. The van der Waals surface area contributed by atoms with Crippen LogP contribution < -0.4 is 5.32 Å². The summed E-state index contributed by atoms with van der Waals surface area (Å²) >= 11 is 1.42. The number of carbonyl (C=O) groups excluding carboxylic acids is 2. The van der Waals surface area contributed by atoms with Crippen LogP contribution in [-0.2, 0) is 11.2 Å². The zero-order valence-electron chi connectivity index (χ0n) is 19.6. The summed E-state index contributed by atoms with van der Waals surface area (Å²) in [5.74, 6) is 0.591. The maximum atomic E-state index is 13.4. The number of pyridine rings is 1. The van der Waals surface area contributed by atoms with E-state index in [1.807, 2.05) is 56.3 Å². The number of benzene rings is 1. The largest absolute Gasteiger partial charge is 0.348 e. The maximum absolute atomic E-state index is 13.4. The number of ketones is 1. The van der Waals surface area contributed by atoms with Crippen LogP contribution in [0.5, 0.6) is 0 Å². The van der Waals surface area contributed by atoms with E-state index in [9.17, 15) is 9.59 Å². The molecule has 1 amide bonds. The summed E-state index contributed by atoms with van der Waals surface area (Å²) in [7, 11) is 0. The van der Waals surface area contributed by atoms with Gasteiger partial charge < -0.3 is 10.2 Å². The van der Waals surface area contributed by atoms with Gasteiger partial charge in [-0.25, -0.2) is 9.97 Å². The second-order valence-electron chi connectivity index (χ2n) is 8.92. The first kappa shape index (κ1) is 23.0. The molecule has 0 bridgehead atoms. The predicted molar refractivity (Wildman–Crippen MR) is 135 cm³/mol. The molecule has 1 fully saturated rings. The number of Topliss-reactive ketones (excluding diaryl/α,β-unsaturated/α-hetero) is 1. The Morgan fingerprint density at radius 1 is 1.11 bits per heavy atom. The van der Waals surface area contributed by atoms with Crippen LogP contribution in [0.3, 0.4) is 0 Å². The molecule has 1 N–H and O–H groups in total. The number of hydrogen-bond donors (Lipinski definition) is 1. The summed E-state index contributed by atoms with van der Waals surface area (Å²) < 4.78 is 0.690. The second-order valence-corrected chi connectivity index (χ2v) is 10.1. The van der Waals surface area contributed by atoms with Gasteiger partial charge in [-0.15, -0.1) is 11.3 Å². The van der Waals surface area contributed by atoms with Crippen molar-refractivity contribution in [2.45, 2.75) is 32.7 Å². The Hall–Kier alpha value is -3.72. The summed E-state index contributed by atoms with van der Waals surface area (Å²) in [6.07, 6.45) is 4.42. The van der Waals surface area contributed by atoms with E-state index in [0.29, 0.717) is 47.9 Å². The number of nitrogens with zero attached hydrogens (tertiary/aromatic N) is 5. The first-order valence-electron chi connectivity index (χ1n) is 11.6. The Labute approximate surface area is 207 Å². The number of hydrogen-bond acceptors (Lipinski definition) is 8. The fourth-order valence-electron chi connectivity index (χ4n) is 4.28. The molecule has 5 rings (SSSR count). The summed E-state index contributed by atoms with van der Waals surface area (Å²) in [5.41, 5.74) is 2.89. The number of amides is 1. The number of likely N-dealkylation sites (tertiary alicyclic amines) is 1. The van der Waals surface area contributed by atoms with Gasteiger partial charge in [0, 0.05) is 44.2 Å². The van der Waals surface area contributed by atoms with Crippen molar-refractivity contribution in [3.63, 3.8) is 0 Å². The third-order valence-electron chi connectivity index (χ3n) is 6.10. The van der Waals surface area contributed by atoms with E-state index in [4.69, 9.17) is 0 Å². The summed E-state index contributed by atoms with van der Waals surface area (Å²) in [5, 5.41) is 4.10. The van der Waals surface area contributed by atoms with Gasteiger partial charge in [-0.05, 0) is 31.0 Å². The van der Waals surface area contributed by atoms with E-state index in [2.05, 4.69) is 25.3 Å². The molecule has 4 aromatic rings. The molecule has 0 aliphatic carbocycles. The van der Waals surface area contributed by atoms with Crippen LogP contribution in [0.1, 0.15) is 46.0 Å². The predicted octanol–water partition coefficient (Wildman–Crippen LogP) is 4.24. The number of thiazole rings is 1. The number of anilines is 1.